The predicted octanol–water partition coefficient (Wildman–Crippen LogP) is 2.64. The van der Waals surface area contributed by atoms with Crippen LogP contribution in [0.1, 0.15) is 12.5 Å². The molecule has 3 rings (SSSR count). The van der Waals surface area contributed by atoms with Crippen molar-refractivity contribution in [3.8, 4) is 5.75 Å². The Morgan fingerprint density at radius 1 is 1.15 bits per heavy atom. The van der Waals surface area contributed by atoms with Gasteiger partial charge >= 0.3 is 0 Å². The van der Waals surface area contributed by atoms with Crippen LogP contribution in [0.3, 0.4) is 0 Å². The molecule has 0 radical (unpaired) electrons. The number of hydrogen-bond donors (Lipinski definition) is 1. The fraction of sp³-hybridized carbons (Fsp3) is 0.412. The number of likely N-dealkylation sites (N-methyl/N-ethyl adjacent to an activating group) is 1. The van der Waals surface area contributed by atoms with Crippen LogP contribution in [0.5, 0.6) is 5.75 Å². The van der Waals surface area contributed by atoms with Crippen LogP contribution in [0.15, 0.2) is 36.4 Å². The zero-order valence-corrected chi connectivity index (χ0v) is 12.2. The van der Waals surface area contributed by atoms with Crippen molar-refractivity contribution in [2.45, 2.75) is 19.5 Å². The molecule has 0 amide bonds. The molecule has 3 heteroatoms. The summed E-state index contributed by atoms with van der Waals surface area (Å²) in [5.74, 6) is 0.956. The molecule has 20 heavy (non-hydrogen) atoms. The summed E-state index contributed by atoms with van der Waals surface area (Å²) in [5.41, 5.74) is 1.38. The topological polar surface area (TPSA) is 24.5 Å². The van der Waals surface area contributed by atoms with E-state index in [9.17, 15) is 0 Å². The van der Waals surface area contributed by atoms with Crippen LogP contribution in [-0.2, 0) is 6.54 Å². The largest absolute Gasteiger partial charge is 0.496 e. The highest BCUT2D eigenvalue weighted by Crippen LogP contribution is 2.29. The van der Waals surface area contributed by atoms with Gasteiger partial charge in [0.05, 0.1) is 7.11 Å². The van der Waals surface area contributed by atoms with Crippen LogP contribution < -0.4 is 10.1 Å². The van der Waals surface area contributed by atoms with Crippen LogP contribution in [0.4, 0.5) is 0 Å². The van der Waals surface area contributed by atoms with Crippen LogP contribution in [-0.4, -0.2) is 37.7 Å². The molecule has 0 atom stereocenters. The normalized spacial score (nSPS) is 15.6. The maximum absolute atomic E-state index is 5.47. The van der Waals surface area contributed by atoms with Crippen LogP contribution in [0, 0.1) is 0 Å². The van der Waals surface area contributed by atoms with E-state index < -0.39 is 0 Å². The second-order valence-corrected chi connectivity index (χ2v) is 5.35. The van der Waals surface area contributed by atoms with E-state index in [1.807, 2.05) is 0 Å². The average Bonchev–Trinajstić information content (AvgIpc) is 2.44. The van der Waals surface area contributed by atoms with Gasteiger partial charge in [-0.1, -0.05) is 37.3 Å². The minimum atomic E-state index is 0.681. The Balaban J connectivity index is 1.94. The molecule has 3 nitrogen and oxygen atoms in total. The molecule has 1 saturated heterocycles. The molecule has 1 N–H and O–H groups in total. The number of rotatable bonds is 5. The molecule has 1 aliphatic heterocycles. The van der Waals surface area contributed by atoms with Gasteiger partial charge in [0.25, 0.3) is 0 Å². The number of nitrogens with zero attached hydrogens (tertiary/aromatic N) is 1. The van der Waals surface area contributed by atoms with Gasteiger partial charge in [0.15, 0.2) is 0 Å². The van der Waals surface area contributed by atoms with E-state index in [2.05, 4.69) is 53.5 Å². The molecular weight excluding hydrogens is 248 g/mol. The quantitative estimate of drug-likeness (QED) is 0.904. The number of ether oxygens (including phenoxy) is 1. The molecule has 106 valence electrons. The van der Waals surface area contributed by atoms with Crippen molar-refractivity contribution in [1.29, 1.82) is 0 Å². The first-order chi connectivity index (χ1) is 9.83. The van der Waals surface area contributed by atoms with Gasteiger partial charge in [0.1, 0.15) is 5.75 Å². The lowest BCUT2D eigenvalue weighted by Gasteiger charge is -2.37. The summed E-state index contributed by atoms with van der Waals surface area (Å²) in [6, 6.07) is 13.5. The summed E-state index contributed by atoms with van der Waals surface area (Å²) in [6.45, 7) is 6.56. The number of nitrogens with one attached hydrogen (secondary N) is 1. The Morgan fingerprint density at radius 2 is 1.90 bits per heavy atom. The molecule has 1 heterocycles. The highest BCUT2D eigenvalue weighted by Gasteiger charge is 2.23. The minimum Gasteiger partial charge on any atom is -0.496 e. The fourth-order valence-electron chi connectivity index (χ4n) is 2.90. The Kier molecular flexibility index (Phi) is 3.90. The van der Waals surface area contributed by atoms with Crippen molar-refractivity contribution >= 4 is 10.8 Å². The zero-order valence-electron chi connectivity index (χ0n) is 12.2. The average molecular weight is 270 g/mol. The lowest BCUT2D eigenvalue weighted by atomic mass is 10.0. The maximum atomic E-state index is 5.47. The van der Waals surface area contributed by atoms with E-state index in [0.717, 1.165) is 31.9 Å². The predicted molar refractivity (Wildman–Crippen MR) is 83.2 cm³/mol. The second kappa shape index (κ2) is 5.81. The van der Waals surface area contributed by atoms with Crippen LogP contribution in [0.25, 0.3) is 10.8 Å². The van der Waals surface area contributed by atoms with Crippen molar-refractivity contribution in [1.82, 2.24) is 10.2 Å². The molecule has 0 spiro atoms. The molecular formula is C17H22N2O. The standard InChI is InChI=1S/C17H22N2O/c1-3-19(14-10-18-11-14)12-13-8-9-17(20-2)16-7-5-4-6-15(13)16/h4-9,14,18H,3,10-12H2,1-2H3. The molecule has 2 aromatic carbocycles. The van der Waals surface area contributed by atoms with Gasteiger partial charge < -0.3 is 10.1 Å². The number of fused-ring (bicyclic) bond motifs is 1. The highest BCUT2D eigenvalue weighted by molar-refractivity contribution is 5.91. The van der Waals surface area contributed by atoms with Gasteiger partial charge in [-0.15, -0.1) is 0 Å². The van der Waals surface area contributed by atoms with E-state index in [0.29, 0.717) is 6.04 Å². The van der Waals surface area contributed by atoms with Crippen molar-refractivity contribution in [2.75, 3.05) is 26.7 Å². The summed E-state index contributed by atoms with van der Waals surface area (Å²) in [6.07, 6.45) is 0. The summed E-state index contributed by atoms with van der Waals surface area (Å²) in [7, 11) is 1.74. The zero-order chi connectivity index (χ0) is 13.9. The summed E-state index contributed by atoms with van der Waals surface area (Å²) in [5, 5.41) is 5.86. The summed E-state index contributed by atoms with van der Waals surface area (Å²) in [4.78, 5) is 2.55. The molecule has 0 saturated carbocycles. The van der Waals surface area contributed by atoms with Crippen molar-refractivity contribution in [3.05, 3.63) is 42.0 Å². The monoisotopic (exact) mass is 270 g/mol. The van der Waals surface area contributed by atoms with Gasteiger partial charge in [0, 0.05) is 31.1 Å². The second-order valence-electron chi connectivity index (χ2n) is 5.35. The van der Waals surface area contributed by atoms with E-state index in [1.54, 1.807) is 7.11 Å². The molecule has 0 unspecified atom stereocenters. The maximum Gasteiger partial charge on any atom is 0.126 e. The van der Waals surface area contributed by atoms with E-state index >= 15 is 0 Å². The first-order valence-electron chi connectivity index (χ1n) is 7.33. The van der Waals surface area contributed by atoms with Crippen LogP contribution >= 0.6 is 0 Å². The lowest BCUT2D eigenvalue weighted by Crippen LogP contribution is -2.56. The van der Waals surface area contributed by atoms with Gasteiger partial charge in [0.2, 0.25) is 0 Å². The molecule has 0 aliphatic carbocycles. The van der Waals surface area contributed by atoms with Gasteiger partial charge in [-0.3, -0.25) is 4.90 Å². The first kappa shape index (κ1) is 13.4. The van der Waals surface area contributed by atoms with Crippen LogP contribution in [0.2, 0.25) is 0 Å². The Hall–Kier alpha value is -1.58. The SMILES string of the molecule is CCN(Cc1ccc(OC)c2ccccc12)C1CNC1. The third kappa shape index (κ3) is 2.39. The number of hydrogen-bond acceptors (Lipinski definition) is 3. The Morgan fingerprint density at radius 3 is 2.50 bits per heavy atom. The molecule has 2 aromatic rings. The highest BCUT2D eigenvalue weighted by atomic mass is 16.5. The molecule has 1 fully saturated rings. The Labute approximate surface area is 120 Å². The minimum absolute atomic E-state index is 0.681. The van der Waals surface area contributed by atoms with Crippen molar-refractivity contribution in [3.63, 3.8) is 0 Å². The van der Waals surface area contributed by atoms with E-state index in [1.165, 1.54) is 16.3 Å². The molecule has 0 bridgehead atoms. The third-order valence-electron chi connectivity index (χ3n) is 4.25. The first-order valence-corrected chi connectivity index (χ1v) is 7.33. The van der Waals surface area contributed by atoms with Crippen molar-refractivity contribution < 1.29 is 4.74 Å². The van der Waals surface area contributed by atoms with E-state index in [4.69, 9.17) is 4.74 Å². The van der Waals surface area contributed by atoms with Gasteiger partial charge in [-0.05, 0) is 23.6 Å². The fourth-order valence-corrected chi connectivity index (χ4v) is 2.90. The molecule has 0 aromatic heterocycles. The molecule has 1 aliphatic rings. The van der Waals surface area contributed by atoms with E-state index in [-0.39, 0.29) is 0 Å². The van der Waals surface area contributed by atoms with Gasteiger partial charge in [-0.25, -0.2) is 0 Å². The third-order valence-corrected chi connectivity index (χ3v) is 4.25. The van der Waals surface area contributed by atoms with Gasteiger partial charge in [-0.2, -0.15) is 0 Å². The number of benzene rings is 2. The summed E-state index contributed by atoms with van der Waals surface area (Å²) >= 11 is 0. The summed E-state index contributed by atoms with van der Waals surface area (Å²) < 4.78 is 5.47. The van der Waals surface area contributed by atoms with Crippen molar-refractivity contribution in [2.24, 2.45) is 0 Å². The number of methoxy groups -OCH3 is 1. The smallest absolute Gasteiger partial charge is 0.126 e. The lowest BCUT2D eigenvalue weighted by molar-refractivity contribution is 0.146. The Bertz CT molecular complexity index is 593.